The maximum atomic E-state index is 13.7. The van der Waals surface area contributed by atoms with Crippen LogP contribution in [0.15, 0.2) is 48.7 Å². The molecule has 26 heavy (non-hydrogen) atoms. The van der Waals surface area contributed by atoms with Crippen LogP contribution in [0.1, 0.15) is 5.69 Å². The van der Waals surface area contributed by atoms with E-state index >= 15 is 0 Å². The van der Waals surface area contributed by atoms with Gasteiger partial charge in [-0.1, -0.05) is 0 Å². The number of fused-ring (bicyclic) bond motifs is 1. The molecular weight excluding hydrogens is 338 g/mol. The lowest BCUT2D eigenvalue weighted by Gasteiger charge is -2.09. The maximum absolute atomic E-state index is 13.7. The highest BCUT2D eigenvalue weighted by atomic mass is 19.1. The van der Waals surface area contributed by atoms with Crippen molar-refractivity contribution in [1.29, 1.82) is 0 Å². The number of benzene rings is 1. The van der Waals surface area contributed by atoms with E-state index in [0.29, 0.717) is 28.4 Å². The van der Waals surface area contributed by atoms with Crippen LogP contribution >= 0.6 is 0 Å². The van der Waals surface area contributed by atoms with Crippen LogP contribution in [0.25, 0.3) is 17.0 Å². The number of pyridine rings is 1. The van der Waals surface area contributed by atoms with E-state index < -0.39 is 0 Å². The highest BCUT2D eigenvalue weighted by molar-refractivity contribution is 5.68. The number of rotatable bonds is 3. The van der Waals surface area contributed by atoms with Crippen molar-refractivity contribution in [1.82, 2.24) is 19.4 Å². The Bertz CT molecular complexity index is 1100. The van der Waals surface area contributed by atoms with Gasteiger partial charge in [0.05, 0.1) is 17.1 Å². The molecule has 0 radical (unpaired) electrons. The fraction of sp³-hybridized carbons (Fsp3) is 0.0556. The number of anilines is 3. The van der Waals surface area contributed by atoms with Gasteiger partial charge in [-0.15, -0.1) is 0 Å². The van der Waals surface area contributed by atoms with E-state index in [-0.39, 0.29) is 23.4 Å². The molecule has 0 unspecified atom stereocenters. The van der Waals surface area contributed by atoms with E-state index in [1.165, 1.54) is 24.4 Å². The van der Waals surface area contributed by atoms with Crippen molar-refractivity contribution in [3.8, 4) is 11.4 Å². The summed E-state index contributed by atoms with van der Waals surface area (Å²) in [7, 11) is 0. The quantitative estimate of drug-likeness (QED) is 0.587. The van der Waals surface area contributed by atoms with E-state index in [4.69, 9.17) is 5.73 Å². The minimum atomic E-state index is -0.386. The Morgan fingerprint density at radius 1 is 0.962 bits per heavy atom. The number of imidazole rings is 1. The highest BCUT2D eigenvalue weighted by Crippen LogP contribution is 2.26. The van der Waals surface area contributed by atoms with Crippen molar-refractivity contribution in [3.63, 3.8) is 0 Å². The molecular formula is C18H14F2N6. The number of nitrogens with zero attached hydrogens (tertiary/aromatic N) is 4. The second-order valence-electron chi connectivity index (χ2n) is 5.75. The minimum absolute atomic E-state index is 0.241. The normalized spacial score (nSPS) is 11.0. The first kappa shape index (κ1) is 15.9. The molecule has 4 aromatic rings. The van der Waals surface area contributed by atoms with Gasteiger partial charge in [0.25, 0.3) is 0 Å². The Morgan fingerprint density at radius 3 is 2.46 bits per heavy atom. The zero-order chi connectivity index (χ0) is 18.3. The minimum Gasteiger partial charge on any atom is -0.384 e. The Morgan fingerprint density at radius 2 is 1.69 bits per heavy atom. The topological polar surface area (TPSA) is 81.1 Å². The second kappa shape index (κ2) is 6.07. The van der Waals surface area contributed by atoms with Crippen molar-refractivity contribution in [3.05, 3.63) is 66.0 Å². The van der Waals surface area contributed by atoms with Crippen molar-refractivity contribution in [2.24, 2.45) is 0 Å². The fourth-order valence-corrected chi connectivity index (χ4v) is 2.75. The van der Waals surface area contributed by atoms with Crippen LogP contribution in [-0.2, 0) is 0 Å². The van der Waals surface area contributed by atoms with Gasteiger partial charge in [0.1, 0.15) is 23.1 Å². The molecule has 0 bridgehead atoms. The number of nitrogens with one attached hydrogen (secondary N) is 1. The van der Waals surface area contributed by atoms with Crippen molar-refractivity contribution < 1.29 is 8.78 Å². The summed E-state index contributed by atoms with van der Waals surface area (Å²) in [6.07, 6.45) is 1.34. The van der Waals surface area contributed by atoms with E-state index in [1.807, 2.05) is 6.92 Å². The first-order valence-corrected chi connectivity index (χ1v) is 7.81. The van der Waals surface area contributed by atoms with Crippen LogP contribution in [0.3, 0.4) is 0 Å². The molecule has 6 nitrogen and oxygen atoms in total. The van der Waals surface area contributed by atoms with Crippen molar-refractivity contribution in [2.45, 2.75) is 6.92 Å². The van der Waals surface area contributed by atoms with Gasteiger partial charge in [0.2, 0.25) is 5.95 Å². The predicted molar refractivity (Wildman–Crippen MR) is 95.0 cm³/mol. The standard InChI is InChI=1S/C18H14F2N6/c1-10-17(26-9-12(20)4-7-16(26)22-10)14-8-15(21)25-18(24-14)23-13-5-2-11(19)3-6-13/h2-9H,1H3,(H3,21,23,24,25). The average molecular weight is 352 g/mol. The fourth-order valence-electron chi connectivity index (χ4n) is 2.75. The van der Waals surface area contributed by atoms with E-state index in [0.717, 1.165) is 0 Å². The van der Waals surface area contributed by atoms with Gasteiger partial charge in [-0.05, 0) is 43.3 Å². The van der Waals surface area contributed by atoms with Crippen molar-refractivity contribution >= 4 is 23.1 Å². The maximum Gasteiger partial charge on any atom is 0.229 e. The number of nitrogens with two attached hydrogens (primary N) is 1. The second-order valence-corrected chi connectivity index (χ2v) is 5.75. The third-order valence-corrected chi connectivity index (χ3v) is 3.85. The Labute approximate surface area is 147 Å². The number of halogens is 2. The van der Waals surface area contributed by atoms with E-state index in [2.05, 4.69) is 20.3 Å². The van der Waals surface area contributed by atoms with Gasteiger partial charge >= 0.3 is 0 Å². The molecule has 0 saturated carbocycles. The molecule has 0 aliphatic carbocycles. The van der Waals surface area contributed by atoms with Gasteiger partial charge in [-0.25, -0.2) is 18.7 Å². The third kappa shape index (κ3) is 2.92. The van der Waals surface area contributed by atoms with Gasteiger partial charge in [-0.3, -0.25) is 4.40 Å². The lowest BCUT2D eigenvalue weighted by Crippen LogP contribution is -2.03. The summed E-state index contributed by atoms with van der Waals surface area (Å²) in [6, 6.07) is 10.3. The molecule has 3 heterocycles. The molecule has 3 aromatic heterocycles. The zero-order valence-corrected chi connectivity index (χ0v) is 13.7. The molecule has 0 saturated heterocycles. The largest absolute Gasteiger partial charge is 0.384 e. The summed E-state index contributed by atoms with van der Waals surface area (Å²) in [5.74, 6) is -0.237. The van der Waals surface area contributed by atoms with Gasteiger partial charge in [-0.2, -0.15) is 4.98 Å². The Balaban J connectivity index is 1.80. The van der Waals surface area contributed by atoms with Gasteiger partial charge < -0.3 is 11.1 Å². The number of hydrogen-bond donors (Lipinski definition) is 2. The zero-order valence-electron chi connectivity index (χ0n) is 13.7. The lowest BCUT2D eigenvalue weighted by molar-refractivity contribution is 0.619. The third-order valence-electron chi connectivity index (χ3n) is 3.85. The number of nitrogen functional groups attached to an aromatic ring is 1. The molecule has 3 N–H and O–H groups in total. The monoisotopic (exact) mass is 352 g/mol. The summed E-state index contributed by atoms with van der Waals surface area (Å²) in [4.78, 5) is 13.0. The SMILES string of the molecule is Cc1nc2ccc(F)cn2c1-c1cc(N)nc(Nc2ccc(F)cc2)n1. The molecule has 0 aliphatic rings. The molecule has 1 aromatic carbocycles. The average Bonchev–Trinajstić information content (AvgIpc) is 2.91. The molecule has 4 rings (SSSR count). The molecule has 8 heteroatoms. The smallest absolute Gasteiger partial charge is 0.229 e. The highest BCUT2D eigenvalue weighted by Gasteiger charge is 2.15. The Kier molecular flexibility index (Phi) is 3.72. The molecule has 130 valence electrons. The lowest BCUT2D eigenvalue weighted by atomic mass is 10.2. The van der Waals surface area contributed by atoms with E-state index in [1.54, 1.807) is 28.7 Å². The summed E-state index contributed by atoms with van der Waals surface area (Å²) < 4.78 is 28.3. The van der Waals surface area contributed by atoms with Crippen LogP contribution in [0.5, 0.6) is 0 Å². The van der Waals surface area contributed by atoms with Gasteiger partial charge in [0.15, 0.2) is 0 Å². The summed E-state index contributed by atoms with van der Waals surface area (Å²) >= 11 is 0. The first-order valence-electron chi connectivity index (χ1n) is 7.81. The van der Waals surface area contributed by atoms with Crippen LogP contribution < -0.4 is 11.1 Å². The molecule has 0 atom stereocenters. The number of aryl methyl sites for hydroxylation is 1. The molecule has 0 fully saturated rings. The van der Waals surface area contributed by atoms with Crippen LogP contribution in [0.2, 0.25) is 0 Å². The number of aromatic nitrogens is 4. The Hall–Kier alpha value is -3.55. The van der Waals surface area contributed by atoms with Gasteiger partial charge in [0, 0.05) is 18.0 Å². The molecule has 0 aliphatic heterocycles. The molecule has 0 spiro atoms. The first-order chi connectivity index (χ1) is 12.5. The molecule has 0 amide bonds. The summed E-state index contributed by atoms with van der Waals surface area (Å²) in [5.41, 5.74) is 8.93. The van der Waals surface area contributed by atoms with Crippen LogP contribution in [0.4, 0.5) is 26.2 Å². The van der Waals surface area contributed by atoms with Crippen LogP contribution in [0, 0.1) is 18.6 Å². The summed E-state index contributed by atoms with van der Waals surface area (Å²) in [5, 5.41) is 2.98. The van der Waals surface area contributed by atoms with Crippen molar-refractivity contribution in [2.75, 3.05) is 11.1 Å². The number of hydrogen-bond acceptors (Lipinski definition) is 5. The van der Waals surface area contributed by atoms with E-state index in [9.17, 15) is 8.78 Å². The summed E-state index contributed by atoms with van der Waals surface area (Å²) in [6.45, 7) is 1.81. The van der Waals surface area contributed by atoms with Crippen LogP contribution in [-0.4, -0.2) is 19.4 Å². The predicted octanol–water partition coefficient (Wildman–Crippen LogP) is 3.70.